The molecule has 2 aromatic rings. The normalized spacial score (nSPS) is 10.0. The van der Waals surface area contributed by atoms with Crippen LogP contribution >= 0.6 is 22.6 Å². The van der Waals surface area contributed by atoms with Crippen LogP contribution in [0.15, 0.2) is 42.5 Å². The van der Waals surface area contributed by atoms with E-state index >= 15 is 0 Å². The Hall–Kier alpha value is -2.09. The SMILES string of the molecule is CCOC(=O)c1ccccc1OC(=O)c1ccc(OC)c(I)c1. The van der Waals surface area contributed by atoms with Crippen molar-refractivity contribution in [3.8, 4) is 11.5 Å². The van der Waals surface area contributed by atoms with Crippen molar-refractivity contribution in [1.29, 1.82) is 0 Å². The van der Waals surface area contributed by atoms with Crippen LogP contribution in [0.4, 0.5) is 0 Å². The van der Waals surface area contributed by atoms with Gasteiger partial charge in [-0.25, -0.2) is 9.59 Å². The molecule has 0 bridgehead atoms. The Morgan fingerprint density at radius 1 is 1.04 bits per heavy atom. The fourth-order valence-corrected chi connectivity index (χ4v) is 2.62. The number of rotatable bonds is 5. The minimum Gasteiger partial charge on any atom is -0.496 e. The molecule has 6 heteroatoms. The molecule has 0 saturated heterocycles. The molecule has 2 rings (SSSR count). The molecule has 0 unspecified atom stereocenters. The van der Waals surface area contributed by atoms with Crippen molar-refractivity contribution < 1.29 is 23.8 Å². The van der Waals surface area contributed by atoms with Crippen molar-refractivity contribution in [1.82, 2.24) is 0 Å². The number of carbonyl (C=O) groups is 2. The lowest BCUT2D eigenvalue weighted by molar-refractivity contribution is 0.0520. The molecular weight excluding hydrogens is 411 g/mol. The Bertz CT molecular complexity index is 727. The van der Waals surface area contributed by atoms with E-state index in [0.29, 0.717) is 11.3 Å². The summed E-state index contributed by atoms with van der Waals surface area (Å²) < 4.78 is 16.2. The molecule has 0 amide bonds. The van der Waals surface area contributed by atoms with Crippen LogP contribution in [0.2, 0.25) is 0 Å². The van der Waals surface area contributed by atoms with Gasteiger partial charge in [-0.15, -0.1) is 0 Å². The molecule has 5 nitrogen and oxygen atoms in total. The van der Waals surface area contributed by atoms with Gasteiger partial charge in [-0.05, 0) is 59.8 Å². The highest BCUT2D eigenvalue weighted by Crippen LogP contribution is 2.24. The molecule has 0 aliphatic heterocycles. The number of halogens is 1. The minimum absolute atomic E-state index is 0.168. The summed E-state index contributed by atoms with van der Waals surface area (Å²) in [6.45, 7) is 1.96. The number of carbonyl (C=O) groups excluding carboxylic acids is 2. The molecule has 120 valence electrons. The summed E-state index contributed by atoms with van der Waals surface area (Å²) in [4.78, 5) is 24.2. The standard InChI is InChI=1S/C17H15IO5/c1-3-22-17(20)12-6-4-5-7-14(12)23-16(19)11-8-9-15(21-2)13(18)10-11/h4-10H,3H2,1-2H3. The second-order valence-electron chi connectivity index (χ2n) is 4.46. The first-order valence-electron chi connectivity index (χ1n) is 6.88. The van der Waals surface area contributed by atoms with Crippen LogP contribution in [0.1, 0.15) is 27.6 Å². The summed E-state index contributed by atoms with van der Waals surface area (Å²) in [5.41, 5.74) is 0.583. The maximum atomic E-state index is 12.3. The molecule has 0 aliphatic rings. The lowest BCUT2D eigenvalue weighted by Gasteiger charge is -2.10. The van der Waals surface area contributed by atoms with E-state index in [2.05, 4.69) is 22.6 Å². The maximum Gasteiger partial charge on any atom is 0.343 e. The van der Waals surface area contributed by atoms with E-state index in [-0.39, 0.29) is 17.9 Å². The van der Waals surface area contributed by atoms with Gasteiger partial charge in [0.25, 0.3) is 0 Å². The quantitative estimate of drug-likeness (QED) is 0.415. The highest BCUT2D eigenvalue weighted by Gasteiger charge is 2.17. The van der Waals surface area contributed by atoms with E-state index in [1.165, 1.54) is 0 Å². The van der Waals surface area contributed by atoms with Crippen molar-refractivity contribution >= 4 is 34.5 Å². The molecular formula is C17H15IO5. The van der Waals surface area contributed by atoms with Crippen molar-refractivity contribution in [3.05, 3.63) is 57.2 Å². The molecule has 0 saturated carbocycles. The minimum atomic E-state index is -0.553. The lowest BCUT2D eigenvalue weighted by atomic mass is 10.2. The lowest BCUT2D eigenvalue weighted by Crippen LogP contribution is -2.13. The van der Waals surface area contributed by atoms with Gasteiger partial charge in [0.15, 0.2) is 0 Å². The van der Waals surface area contributed by atoms with Gasteiger partial charge in [-0.3, -0.25) is 0 Å². The number of hydrogen-bond donors (Lipinski definition) is 0. The van der Waals surface area contributed by atoms with Gasteiger partial charge in [-0.2, -0.15) is 0 Å². The summed E-state index contributed by atoms with van der Waals surface area (Å²) in [6, 6.07) is 11.4. The number of para-hydroxylation sites is 1. The van der Waals surface area contributed by atoms with Crippen LogP contribution in [0.5, 0.6) is 11.5 Å². The van der Waals surface area contributed by atoms with Crippen molar-refractivity contribution in [2.75, 3.05) is 13.7 Å². The number of hydrogen-bond acceptors (Lipinski definition) is 5. The van der Waals surface area contributed by atoms with Gasteiger partial charge in [0.05, 0.1) is 22.9 Å². The first-order valence-corrected chi connectivity index (χ1v) is 7.96. The zero-order valence-corrected chi connectivity index (χ0v) is 14.8. The van der Waals surface area contributed by atoms with Crippen LogP contribution < -0.4 is 9.47 Å². The fraction of sp³-hybridized carbons (Fsp3) is 0.176. The molecule has 0 spiro atoms. The van der Waals surface area contributed by atoms with Gasteiger partial charge in [0.2, 0.25) is 0 Å². The smallest absolute Gasteiger partial charge is 0.343 e. The van der Waals surface area contributed by atoms with Gasteiger partial charge >= 0.3 is 11.9 Å². The zero-order chi connectivity index (χ0) is 16.8. The van der Waals surface area contributed by atoms with E-state index in [1.807, 2.05) is 0 Å². The zero-order valence-electron chi connectivity index (χ0n) is 12.7. The first-order chi connectivity index (χ1) is 11.1. The van der Waals surface area contributed by atoms with E-state index in [9.17, 15) is 9.59 Å². The topological polar surface area (TPSA) is 61.8 Å². The third-order valence-electron chi connectivity index (χ3n) is 2.97. The van der Waals surface area contributed by atoms with Crippen LogP contribution in [-0.4, -0.2) is 25.7 Å². The molecule has 0 atom stereocenters. The molecule has 2 aromatic carbocycles. The summed E-state index contributed by atoms with van der Waals surface area (Å²) in [5, 5.41) is 0. The van der Waals surface area contributed by atoms with Crippen LogP contribution in [0.25, 0.3) is 0 Å². The molecule has 0 aliphatic carbocycles. The monoisotopic (exact) mass is 426 g/mol. The fourth-order valence-electron chi connectivity index (χ4n) is 1.89. The van der Waals surface area contributed by atoms with Gasteiger partial charge in [-0.1, -0.05) is 12.1 Å². The average Bonchev–Trinajstić information content (AvgIpc) is 2.55. The molecule has 0 aromatic heterocycles. The third kappa shape index (κ3) is 4.22. The largest absolute Gasteiger partial charge is 0.496 e. The maximum absolute atomic E-state index is 12.3. The second kappa shape index (κ2) is 7.96. The Balaban J connectivity index is 2.24. The number of ether oxygens (including phenoxy) is 3. The molecule has 0 N–H and O–H groups in total. The average molecular weight is 426 g/mol. The van der Waals surface area contributed by atoms with Gasteiger partial charge in [0, 0.05) is 0 Å². The Kier molecular flexibility index (Phi) is 5.97. The number of esters is 2. The summed E-state index contributed by atoms with van der Waals surface area (Å²) >= 11 is 2.07. The van der Waals surface area contributed by atoms with E-state index in [1.54, 1.807) is 56.5 Å². The Morgan fingerprint density at radius 3 is 2.43 bits per heavy atom. The predicted octanol–water partition coefficient (Wildman–Crippen LogP) is 3.70. The molecule has 23 heavy (non-hydrogen) atoms. The van der Waals surface area contributed by atoms with Crippen LogP contribution in [0.3, 0.4) is 0 Å². The second-order valence-corrected chi connectivity index (χ2v) is 5.62. The summed E-state index contributed by atoms with van der Waals surface area (Å²) in [5.74, 6) is -0.238. The van der Waals surface area contributed by atoms with E-state index < -0.39 is 11.9 Å². The number of benzene rings is 2. The van der Waals surface area contributed by atoms with Crippen LogP contribution in [-0.2, 0) is 4.74 Å². The molecule has 0 fully saturated rings. The molecule has 0 heterocycles. The van der Waals surface area contributed by atoms with Crippen molar-refractivity contribution in [2.24, 2.45) is 0 Å². The van der Waals surface area contributed by atoms with Crippen molar-refractivity contribution in [3.63, 3.8) is 0 Å². The highest BCUT2D eigenvalue weighted by atomic mass is 127. The van der Waals surface area contributed by atoms with E-state index in [4.69, 9.17) is 14.2 Å². The van der Waals surface area contributed by atoms with Crippen LogP contribution in [0, 0.1) is 3.57 Å². The Labute approximate surface area is 147 Å². The first kappa shape index (κ1) is 17.3. The highest BCUT2D eigenvalue weighted by molar-refractivity contribution is 14.1. The molecule has 0 radical (unpaired) electrons. The van der Waals surface area contributed by atoms with Gasteiger partial charge in [0.1, 0.15) is 17.1 Å². The van der Waals surface area contributed by atoms with Gasteiger partial charge < -0.3 is 14.2 Å². The summed E-state index contributed by atoms with van der Waals surface area (Å²) in [6.07, 6.45) is 0. The van der Waals surface area contributed by atoms with Crippen molar-refractivity contribution in [2.45, 2.75) is 6.92 Å². The third-order valence-corrected chi connectivity index (χ3v) is 3.82. The predicted molar refractivity (Wildman–Crippen MR) is 93.1 cm³/mol. The Morgan fingerprint density at radius 2 is 1.78 bits per heavy atom. The summed E-state index contributed by atoms with van der Waals surface area (Å²) in [7, 11) is 1.56. The van der Waals surface area contributed by atoms with E-state index in [0.717, 1.165) is 3.57 Å². The number of methoxy groups -OCH3 is 1.